The predicted octanol–water partition coefficient (Wildman–Crippen LogP) is 0.901. The van der Waals surface area contributed by atoms with E-state index in [1.165, 1.54) is 25.7 Å². The smallest absolute Gasteiger partial charge is 0.0224 e. The van der Waals surface area contributed by atoms with Crippen molar-refractivity contribution in [1.29, 1.82) is 0 Å². The summed E-state index contributed by atoms with van der Waals surface area (Å²) in [7, 11) is 0. The summed E-state index contributed by atoms with van der Waals surface area (Å²) in [6.45, 7) is 0. The van der Waals surface area contributed by atoms with Crippen molar-refractivity contribution >= 4 is 0 Å². The Balaban J connectivity index is 1.95. The number of hydrogen-bond donors (Lipinski definition) is 1. The molecule has 2 atom stereocenters. The van der Waals surface area contributed by atoms with Crippen molar-refractivity contribution in [3.05, 3.63) is 0 Å². The molecular weight excluding hydrogens is 86.1 g/mol. The van der Waals surface area contributed by atoms with Crippen molar-refractivity contribution in [2.24, 2.45) is 0 Å². The second kappa shape index (κ2) is 1.22. The van der Waals surface area contributed by atoms with Gasteiger partial charge in [0.2, 0.25) is 0 Å². The maximum Gasteiger partial charge on any atom is 0.0224 e. The normalized spacial score (nSPS) is 48.0. The molecule has 2 rings (SSSR count). The van der Waals surface area contributed by atoms with Crippen molar-refractivity contribution in [3.63, 3.8) is 0 Å². The quantitative estimate of drug-likeness (QED) is 0.446. The maximum atomic E-state index is 3.43. The largest absolute Gasteiger partial charge is 0.308 e. The van der Waals surface area contributed by atoms with Crippen LogP contribution in [0.5, 0.6) is 0 Å². The van der Waals surface area contributed by atoms with E-state index in [1.807, 2.05) is 0 Å². The van der Waals surface area contributed by atoms with Gasteiger partial charge in [-0.05, 0) is 12.8 Å². The van der Waals surface area contributed by atoms with Crippen LogP contribution in [0.2, 0.25) is 0 Å². The van der Waals surface area contributed by atoms with Gasteiger partial charge in [0.25, 0.3) is 0 Å². The van der Waals surface area contributed by atoms with Gasteiger partial charge in [0.1, 0.15) is 0 Å². The maximum absolute atomic E-state index is 3.43. The summed E-state index contributed by atoms with van der Waals surface area (Å²) in [5.74, 6) is 0. The molecule has 0 aromatic carbocycles. The van der Waals surface area contributed by atoms with Crippen LogP contribution in [0, 0.1) is 0 Å². The SMILES string of the molecule is C1CC[C@H]2N[C@@H]2C1. The Labute approximate surface area is 44.1 Å². The van der Waals surface area contributed by atoms with Crippen LogP contribution < -0.4 is 5.32 Å². The van der Waals surface area contributed by atoms with Gasteiger partial charge in [-0.2, -0.15) is 0 Å². The lowest BCUT2D eigenvalue weighted by Crippen LogP contribution is -2.00. The first kappa shape index (κ1) is 3.90. The van der Waals surface area contributed by atoms with Crippen LogP contribution in [-0.2, 0) is 0 Å². The minimum absolute atomic E-state index is 0.953. The van der Waals surface area contributed by atoms with E-state index in [-0.39, 0.29) is 0 Å². The molecule has 0 unspecified atom stereocenters. The van der Waals surface area contributed by atoms with Crippen LogP contribution in [-0.4, -0.2) is 12.1 Å². The molecule has 2 fully saturated rings. The van der Waals surface area contributed by atoms with Crippen LogP contribution in [0.3, 0.4) is 0 Å². The fraction of sp³-hybridized carbons (Fsp3) is 1.00. The van der Waals surface area contributed by atoms with Gasteiger partial charge < -0.3 is 5.32 Å². The van der Waals surface area contributed by atoms with Gasteiger partial charge in [-0.15, -0.1) is 0 Å². The van der Waals surface area contributed by atoms with Crippen LogP contribution in [0.1, 0.15) is 25.7 Å². The third-order valence-corrected chi connectivity index (χ3v) is 2.08. The van der Waals surface area contributed by atoms with Crippen molar-refractivity contribution < 1.29 is 0 Å². The fourth-order valence-electron chi connectivity index (χ4n) is 1.52. The van der Waals surface area contributed by atoms with Crippen molar-refractivity contribution in [3.8, 4) is 0 Å². The number of rotatable bonds is 0. The lowest BCUT2D eigenvalue weighted by Gasteiger charge is -2.02. The molecule has 2 aliphatic rings. The third-order valence-electron chi connectivity index (χ3n) is 2.08. The van der Waals surface area contributed by atoms with Gasteiger partial charge in [0.05, 0.1) is 0 Å². The molecule has 0 bridgehead atoms. The molecule has 1 aliphatic carbocycles. The average Bonchev–Trinajstić information content (AvgIpc) is 2.41. The highest BCUT2D eigenvalue weighted by molar-refractivity contribution is 4.99. The lowest BCUT2D eigenvalue weighted by molar-refractivity contribution is 0.571. The number of hydrogen-bond acceptors (Lipinski definition) is 1. The molecule has 1 saturated carbocycles. The van der Waals surface area contributed by atoms with Crippen molar-refractivity contribution in [2.75, 3.05) is 0 Å². The number of fused-ring (bicyclic) bond motifs is 1. The Kier molecular flexibility index (Phi) is 0.680. The van der Waals surface area contributed by atoms with Gasteiger partial charge in [0.15, 0.2) is 0 Å². The molecule has 1 heterocycles. The van der Waals surface area contributed by atoms with E-state index in [1.54, 1.807) is 0 Å². The minimum Gasteiger partial charge on any atom is -0.308 e. The zero-order valence-electron chi connectivity index (χ0n) is 4.48. The molecule has 0 aromatic rings. The average molecular weight is 97.2 g/mol. The molecule has 1 N–H and O–H groups in total. The molecule has 7 heavy (non-hydrogen) atoms. The van der Waals surface area contributed by atoms with E-state index >= 15 is 0 Å². The Morgan fingerprint density at radius 1 is 1.00 bits per heavy atom. The first-order chi connectivity index (χ1) is 3.47. The van der Waals surface area contributed by atoms with Crippen LogP contribution in [0.25, 0.3) is 0 Å². The molecule has 0 amide bonds. The summed E-state index contributed by atoms with van der Waals surface area (Å²) in [6.07, 6.45) is 5.83. The Morgan fingerprint density at radius 2 is 1.57 bits per heavy atom. The third kappa shape index (κ3) is 0.556. The summed E-state index contributed by atoms with van der Waals surface area (Å²) in [5.41, 5.74) is 0. The molecule has 0 aromatic heterocycles. The van der Waals surface area contributed by atoms with Gasteiger partial charge in [-0.25, -0.2) is 0 Å². The van der Waals surface area contributed by atoms with Crippen molar-refractivity contribution in [2.45, 2.75) is 37.8 Å². The lowest BCUT2D eigenvalue weighted by atomic mass is 10.0. The highest BCUT2D eigenvalue weighted by atomic mass is 15.1. The van der Waals surface area contributed by atoms with E-state index in [9.17, 15) is 0 Å². The highest BCUT2D eigenvalue weighted by Gasteiger charge is 2.37. The summed E-state index contributed by atoms with van der Waals surface area (Å²) < 4.78 is 0. The Morgan fingerprint density at radius 3 is 2.00 bits per heavy atom. The Bertz CT molecular complexity index is 70.2. The first-order valence-electron chi connectivity index (χ1n) is 3.23. The molecule has 1 heteroatoms. The van der Waals surface area contributed by atoms with E-state index in [4.69, 9.17) is 0 Å². The minimum atomic E-state index is 0.953. The second-order valence-corrected chi connectivity index (χ2v) is 2.66. The summed E-state index contributed by atoms with van der Waals surface area (Å²) in [5, 5.41) is 3.43. The predicted molar refractivity (Wildman–Crippen MR) is 29.2 cm³/mol. The van der Waals surface area contributed by atoms with Crippen LogP contribution >= 0.6 is 0 Å². The molecule has 0 radical (unpaired) electrons. The van der Waals surface area contributed by atoms with Gasteiger partial charge >= 0.3 is 0 Å². The fourth-order valence-corrected chi connectivity index (χ4v) is 1.52. The standard InChI is InChI=1S/C6H11N/c1-2-4-6-5(3-1)7-6/h5-7H,1-4H2/t5-,6-/m1/s1. The molecule has 1 aliphatic heterocycles. The van der Waals surface area contributed by atoms with Gasteiger partial charge in [0, 0.05) is 12.1 Å². The molecule has 0 spiro atoms. The van der Waals surface area contributed by atoms with Crippen LogP contribution in [0.15, 0.2) is 0 Å². The Hall–Kier alpha value is -0.0400. The summed E-state index contributed by atoms with van der Waals surface area (Å²) in [4.78, 5) is 0. The molecule has 40 valence electrons. The van der Waals surface area contributed by atoms with E-state index < -0.39 is 0 Å². The van der Waals surface area contributed by atoms with E-state index in [2.05, 4.69) is 5.32 Å². The molecule has 1 nitrogen and oxygen atoms in total. The second-order valence-electron chi connectivity index (χ2n) is 2.66. The van der Waals surface area contributed by atoms with Gasteiger partial charge in [-0.1, -0.05) is 12.8 Å². The zero-order chi connectivity index (χ0) is 4.69. The highest BCUT2D eigenvalue weighted by Crippen LogP contribution is 2.28. The summed E-state index contributed by atoms with van der Waals surface area (Å²) >= 11 is 0. The van der Waals surface area contributed by atoms with Crippen LogP contribution in [0.4, 0.5) is 0 Å². The zero-order valence-corrected chi connectivity index (χ0v) is 4.48. The summed E-state index contributed by atoms with van der Waals surface area (Å²) in [6, 6.07) is 1.91. The van der Waals surface area contributed by atoms with E-state index in [0.29, 0.717) is 0 Å². The number of nitrogens with one attached hydrogen (secondary N) is 1. The van der Waals surface area contributed by atoms with E-state index in [0.717, 1.165) is 12.1 Å². The van der Waals surface area contributed by atoms with Gasteiger partial charge in [-0.3, -0.25) is 0 Å². The van der Waals surface area contributed by atoms with Crippen molar-refractivity contribution in [1.82, 2.24) is 5.32 Å². The molecular formula is C6H11N. The first-order valence-corrected chi connectivity index (χ1v) is 3.23. The monoisotopic (exact) mass is 97.1 g/mol. The molecule has 1 saturated heterocycles. The topological polar surface area (TPSA) is 21.9 Å².